The van der Waals surface area contributed by atoms with Gasteiger partial charge in [-0.25, -0.2) is 9.36 Å². The number of amides is 2. The number of nitrogens with one attached hydrogen (secondary N) is 2. The summed E-state index contributed by atoms with van der Waals surface area (Å²) in [6, 6.07) is 2.99. The Bertz CT molecular complexity index is 552. The van der Waals surface area contributed by atoms with Crippen LogP contribution in [-0.2, 0) is 16.6 Å². The molecular weight excluding hydrogens is 294 g/mol. The fraction of sp³-hybridized carbons (Fsp3) is 0.588. The van der Waals surface area contributed by atoms with Crippen molar-refractivity contribution < 1.29 is 18.9 Å². The van der Waals surface area contributed by atoms with E-state index in [1.807, 2.05) is 37.7 Å². The Morgan fingerprint density at radius 3 is 2.52 bits per heavy atom. The van der Waals surface area contributed by atoms with E-state index in [0.717, 1.165) is 6.42 Å². The minimum absolute atomic E-state index is 0.0139. The van der Waals surface area contributed by atoms with E-state index in [1.54, 1.807) is 33.0 Å². The van der Waals surface area contributed by atoms with Gasteiger partial charge in [0.15, 0.2) is 12.4 Å². The van der Waals surface area contributed by atoms with Crippen molar-refractivity contribution in [3.8, 4) is 0 Å². The number of aromatic nitrogens is 1. The Morgan fingerprint density at radius 1 is 1.35 bits per heavy atom. The summed E-state index contributed by atoms with van der Waals surface area (Å²) in [5.41, 5.74) is 0.0765. The smallest absolute Gasteiger partial charge is 0.408 e. The Labute approximate surface area is 138 Å². The molecular formula is C17H28N3O3+. The maximum atomic E-state index is 12.5. The summed E-state index contributed by atoms with van der Waals surface area (Å²) in [4.78, 5) is 24.5. The van der Waals surface area contributed by atoms with Gasteiger partial charge < -0.3 is 15.4 Å². The number of carbonyl (C=O) groups is 2. The van der Waals surface area contributed by atoms with Gasteiger partial charge in [0.05, 0.1) is 0 Å². The minimum atomic E-state index is -0.652. The summed E-state index contributed by atoms with van der Waals surface area (Å²) < 4.78 is 7.09. The molecule has 6 nitrogen and oxygen atoms in total. The number of hydrogen-bond acceptors (Lipinski definition) is 3. The summed E-state index contributed by atoms with van der Waals surface area (Å²) in [5, 5.41) is 5.52. The van der Waals surface area contributed by atoms with Gasteiger partial charge in [-0.3, -0.25) is 4.79 Å². The molecule has 0 bridgehead atoms. The highest BCUT2D eigenvalue weighted by atomic mass is 16.6. The molecule has 0 fully saturated rings. The molecule has 2 N–H and O–H groups in total. The van der Waals surface area contributed by atoms with Crippen LogP contribution >= 0.6 is 0 Å². The van der Waals surface area contributed by atoms with Crippen LogP contribution in [-0.4, -0.2) is 23.6 Å². The minimum Gasteiger partial charge on any atom is -0.444 e. The largest absolute Gasteiger partial charge is 0.444 e. The van der Waals surface area contributed by atoms with Gasteiger partial charge in [-0.2, -0.15) is 0 Å². The fourth-order valence-electron chi connectivity index (χ4n) is 2.02. The molecule has 0 spiro atoms. The molecule has 2 unspecified atom stereocenters. The van der Waals surface area contributed by atoms with Crippen molar-refractivity contribution in [1.82, 2.24) is 5.32 Å². The Morgan fingerprint density at radius 2 is 2.00 bits per heavy atom. The molecule has 6 heteroatoms. The molecule has 23 heavy (non-hydrogen) atoms. The molecule has 0 aliphatic rings. The second-order valence-electron chi connectivity index (χ2n) is 6.76. The van der Waals surface area contributed by atoms with Crippen molar-refractivity contribution in [2.75, 3.05) is 5.32 Å². The average Bonchev–Trinajstić information content (AvgIpc) is 2.42. The number of pyridine rings is 1. The predicted molar refractivity (Wildman–Crippen MR) is 88.9 cm³/mol. The van der Waals surface area contributed by atoms with E-state index in [9.17, 15) is 9.59 Å². The highest BCUT2D eigenvalue weighted by Gasteiger charge is 2.28. The van der Waals surface area contributed by atoms with Crippen molar-refractivity contribution in [3.05, 3.63) is 24.5 Å². The normalized spacial score (nSPS) is 13.8. The molecule has 128 valence electrons. The summed E-state index contributed by atoms with van der Waals surface area (Å²) in [7, 11) is 1.88. The first-order valence-electron chi connectivity index (χ1n) is 7.88. The van der Waals surface area contributed by atoms with E-state index in [-0.39, 0.29) is 11.8 Å². The molecule has 2 amide bonds. The number of rotatable bonds is 5. The molecule has 0 aromatic carbocycles. The molecule has 1 rings (SSSR count). The van der Waals surface area contributed by atoms with Crippen LogP contribution in [0.4, 0.5) is 10.5 Å². The highest BCUT2D eigenvalue weighted by Crippen LogP contribution is 2.13. The van der Waals surface area contributed by atoms with E-state index in [4.69, 9.17) is 4.74 Å². The van der Waals surface area contributed by atoms with Gasteiger partial charge >= 0.3 is 6.09 Å². The van der Waals surface area contributed by atoms with Crippen LogP contribution < -0.4 is 15.2 Å². The third kappa shape index (κ3) is 6.67. The Hall–Kier alpha value is -2.11. The van der Waals surface area contributed by atoms with Crippen LogP contribution in [0.25, 0.3) is 0 Å². The molecule has 1 heterocycles. The summed E-state index contributed by atoms with van der Waals surface area (Å²) in [6.45, 7) is 9.26. The number of aryl methyl sites for hydroxylation is 1. The molecule has 0 saturated carbocycles. The lowest BCUT2D eigenvalue weighted by Crippen LogP contribution is -2.49. The van der Waals surface area contributed by atoms with Gasteiger partial charge in [0, 0.05) is 6.07 Å². The summed E-state index contributed by atoms with van der Waals surface area (Å²) in [6.07, 6.45) is 3.85. The van der Waals surface area contributed by atoms with E-state index < -0.39 is 17.7 Å². The number of hydrogen-bond donors (Lipinski definition) is 2. The predicted octanol–water partition coefficient (Wildman–Crippen LogP) is 2.39. The monoisotopic (exact) mass is 322 g/mol. The van der Waals surface area contributed by atoms with Crippen molar-refractivity contribution in [2.24, 2.45) is 13.0 Å². The second-order valence-corrected chi connectivity index (χ2v) is 6.76. The van der Waals surface area contributed by atoms with Crippen molar-refractivity contribution >= 4 is 17.7 Å². The number of alkyl carbamates (subject to hydrolysis) is 1. The molecule has 1 aromatic heterocycles. The second kappa shape index (κ2) is 7.94. The van der Waals surface area contributed by atoms with Gasteiger partial charge in [-0.05, 0) is 32.8 Å². The van der Waals surface area contributed by atoms with Crippen LogP contribution in [0.5, 0.6) is 0 Å². The average molecular weight is 322 g/mol. The molecule has 0 saturated heterocycles. The Kier molecular flexibility index (Phi) is 6.54. The van der Waals surface area contributed by atoms with Crippen LogP contribution in [0.1, 0.15) is 41.0 Å². The third-order valence-corrected chi connectivity index (χ3v) is 3.37. The summed E-state index contributed by atoms with van der Waals surface area (Å²) >= 11 is 0. The number of nitrogens with zero attached hydrogens (tertiary/aromatic N) is 1. The third-order valence-electron chi connectivity index (χ3n) is 3.37. The van der Waals surface area contributed by atoms with Gasteiger partial charge in [-0.1, -0.05) is 20.3 Å². The van der Waals surface area contributed by atoms with Crippen LogP contribution in [0.3, 0.4) is 0 Å². The van der Waals surface area contributed by atoms with E-state index in [0.29, 0.717) is 5.69 Å². The van der Waals surface area contributed by atoms with E-state index in [2.05, 4.69) is 10.6 Å². The summed E-state index contributed by atoms with van der Waals surface area (Å²) in [5.74, 6) is -0.267. The number of carbonyl (C=O) groups excluding carboxylic acids is 2. The molecule has 0 aliphatic carbocycles. The van der Waals surface area contributed by atoms with Gasteiger partial charge in [0.2, 0.25) is 5.91 Å². The fourth-order valence-corrected chi connectivity index (χ4v) is 2.02. The quantitative estimate of drug-likeness (QED) is 0.818. The van der Waals surface area contributed by atoms with Gasteiger partial charge in [0.1, 0.15) is 24.4 Å². The number of anilines is 1. The first-order chi connectivity index (χ1) is 10.6. The zero-order valence-electron chi connectivity index (χ0n) is 14.8. The lowest BCUT2D eigenvalue weighted by molar-refractivity contribution is -0.670. The maximum absolute atomic E-state index is 12.5. The first kappa shape index (κ1) is 18.9. The van der Waals surface area contributed by atoms with Crippen molar-refractivity contribution in [1.29, 1.82) is 0 Å². The zero-order valence-corrected chi connectivity index (χ0v) is 14.8. The van der Waals surface area contributed by atoms with Crippen molar-refractivity contribution in [2.45, 2.75) is 52.7 Å². The molecule has 0 aliphatic heterocycles. The zero-order chi connectivity index (χ0) is 17.6. The van der Waals surface area contributed by atoms with Gasteiger partial charge in [0.25, 0.3) is 0 Å². The molecule has 0 radical (unpaired) electrons. The topological polar surface area (TPSA) is 71.3 Å². The van der Waals surface area contributed by atoms with Gasteiger partial charge in [-0.15, -0.1) is 0 Å². The molecule has 2 atom stereocenters. The van der Waals surface area contributed by atoms with E-state index in [1.165, 1.54) is 0 Å². The van der Waals surface area contributed by atoms with E-state index >= 15 is 0 Å². The maximum Gasteiger partial charge on any atom is 0.408 e. The van der Waals surface area contributed by atoms with Crippen LogP contribution in [0, 0.1) is 5.92 Å². The van der Waals surface area contributed by atoms with Crippen LogP contribution in [0.2, 0.25) is 0 Å². The first-order valence-corrected chi connectivity index (χ1v) is 7.88. The van der Waals surface area contributed by atoms with Crippen molar-refractivity contribution in [3.63, 3.8) is 0 Å². The lowest BCUT2D eigenvalue weighted by atomic mass is 9.98. The van der Waals surface area contributed by atoms with Crippen LogP contribution in [0.15, 0.2) is 24.5 Å². The lowest BCUT2D eigenvalue weighted by Gasteiger charge is -2.26. The SMILES string of the molecule is CCC(C)C(NC(=O)OC(C)(C)C)C(=O)Nc1ccc[n+](C)c1. The Balaban J connectivity index is 2.80. The molecule has 1 aromatic rings. The highest BCUT2D eigenvalue weighted by molar-refractivity contribution is 5.96. The number of ether oxygens (including phenoxy) is 1. The standard InChI is InChI=1S/C17H27N3O3/c1-7-12(2)14(19-16(22)23-17(3,4)5)15(21)18-13-9-8-10-20(6)11-13/h8-12,14H,7H2,1-6H3,(H-,18,19,21,22)/p+1.